The van der Waals surface area contributed by atoms with E-state index in [1.54, 1.807) is 0 Å². The van der Waals surface area contributed by atoms with Crippen LogP contribution in [0, 0.1) is 0 Å². The summed E-state index contributed by atoms with van der Waals surface area (Å²) in [6.07, 6.45) is 0. The largest absolute Gasteiger partial charge is 2.00 e. The van der Waals surface area contributed by atoms with Crippen LogP contribution in [-0.4, -0.2) is 18.3 Å². The summed E-state index contributed by atoms with van der Waals surface area (Å²) in [4.78, 5) is 34.1. The molecule has 0 saturated heterocycles. The van der Waals surface area contributed by atoms with Gasteiger partial charge in [-0.15, -0.1) is 0 Å². The Hall–Kier alpha value is 0.964. The predicted octanol–water partition coefficient (Wildman–Crippen LogP) is -11.8. The fraction of sp³-hybridized carbons (Fsp3) is 0. The molecule has 13 heavy (non-hydrogen) atoms. The SMILES string of the molecule is O=[Si]([O-])[O-].O=[Si]([O-])[O-].[F-].[F-].[Zn+2].[Zn+2].[Zn+2]. The number of hydrogen-bond donors (Lipinski definition) is 0. The molecule has 0 unspecified atom stereocenters. The van der Waals surface area contributed by atoms with Gasteiger partial charge in [0.1, 0.15) is 0 Å². The molecule has 0 saturated carbocycles. The van der Waals surface area contributed by atoms with Gasteiger partial charge in [-0.3, -0.25) is 0 Å². The zero-order valence-electron chi connectivity index (χ0n) is 6.33. The smallest absolute Gasteiger partial charge is 1.00 e. The zero-order valence-corrected chi connectivity index (χ0v) is 17.2. The molecule has 0 radical (unpaired) electrons. The Morgan fingerprint density at radius 3 is 0.615 bits per heavy atom. The van der Waals surface area contributed by atoms with E-state index in [2.05, 4.69) is 0 Å². The monoisotopic (exact) mass is 382 g/mol. The Morgan fingerprint density at radius 2 is 0.615 bits per heavy atom. The van der Waals surface area contributed by atoms with Crippen molar-refractivity contribution in [1.29, 1.82) is 0 Å². The summed E-state index contributed by atoms with van der Waals surface area (Å²) >= 11 is 0. The summed E-state index contributed by atoms with van der Waals surface area (Å²) in [6.45, 7) is 0. The summed E-state index contributed by atoms with van der Waals surface area (Å²) in [5.74, 6) is 0. The first kappa shape index (κ1) is 48.4. The van der Waals surface area contributed by atoms with Crippen LogP contribution in [-0.2, 0) is 67.4 Å². The molecule has 0 aromatic carbocycles. The Bertz CT molecular complexity index is 81.9. The molecule has 0 amide bonds. The molecular weight excluding hydrogens is 386 g/mol. The maximum Gasteiger partial charge on any atom is 2.00 e. The maximum atomic E-state index is 8.52. The molecule has 0 aromatic rings. The van der Waals surface area contributed by atoms with Gasteiger partial charge in [0.25, 0.3) is 0 Å². The summed E-state index contributed by atoms with van der Waals surface area (Å²) < 4.78 is 17.0. The molecule has 0 aromatic heterocycles. The van der Waals surface area contributed by atoms with E-state index in [0.29, 0.717) is 0 Å². The van der Waals surface area contributed by atoms with Gasteiger partial charge in [0, 0.05) is 18.3 Å². The molecular formula is F2O6Si2Zn3. The molecule has 0 N–H and O–H groups in total. The van der Waals surface area contributed by atoms with Crippen LogP contribution in [0.15, 0.2) is 0 Å². The molecule has 0 aliphatic carbocycles. The first-order valence-corrected chi connectivity index (χ1v) is 3.67. The first-order valence-electron chi connectivity index (χ1n) is 1.22. The molecule has 6 nitrogen and oxygen atoms in total. The number of rotatable bonds is 0. The summed E-state index contributed by atoms with van der Waals surface area (Å²) in [7, 11) is -7.26. The Kier molecular flexibility index (Phi) is 142. The topological polar surface area (TPSA) is 126 Å². The van der Waals surface area contributed by atoms with E-state index in [4.69, 9.17) is 28.1 Å². The standard InChI is InChI=1S/2FH.2O3Si.3Zn/c;;2*1-4(2)3;;;/h2*1H;;;;;/q;;2*-2;3*+2/p-2. The van der Waals surface area contributed by atoms with E-state index >= 15 is 0 Å². The first-order chi connectivity index (χ1) is 3.46. The van der Waals surface area contributed by atoms with Crippen molar-refractivity contribution < 1.29 is 95.9 Å². The molecule has 64 valence electrons. The van der Waals surface area contributed by atoms with Gasteiger partial charge in [0.2, 0.25) is 0 Å². The Balaban J connectivity index is -0.00000000800. The maximum absolute atomic E-state index is 8.52. The molecule has 0 aliphatic heterocycles. The minimum atomic E-state index is -3.63. The second-order valence-electron chi connectivity index (χ2n) is 0.500. The van der Waals surface area contributed by atoms with Gasteiger partial charge in [-0.1, -0.05) is 0 Å². The van der Waals surface area contributed by atoms with Gasteiger partial charge < -0.3 is 37.5 Å². The fourth-order valence-corrected chi connectivity index (χ4v) is 0. The zero-order chi connectivity index (χ0) is 7.15. The molecule has 0 bridgehead atoms. The van der Waals surface area contributed by atoms with Crippen molar-refractivity contribution in [3.05, 3.63) is 0 Å². The number of hydrogen-bond acceptors (Lipinski definition) is 6. The fourth-order valence-electron chi connectivity index (χ4n) is 0. The Labute approximate surface area is 114 Å². The van der Waals surface area contributed by atoms with Gasteiger partial charge in [-0.25, -0.2) is 0 Å². The third-order valence-corrected chi connectivity index (χ3v) is 0. The van der Waals surface area contributed by atoms with E-state index in [1.807, 2.05) is 0 Å². The third-order valence-electron chi connectivity index (χ3n) is 0. The van der Waals surface area contributed by atoms with E-state index in [1.165, 1.54) is 0 Å². The molecule has 0 atom stereocenters. The summed E-state index contributed by atoms with van der Waals surface area (Å²) in [5, 5.41) is 0. The van der Waals surface area contributed by atoms with Crippen LogP contribution in [0.1, 0.15) is 0 Å². The van der Waals surface area contributed by atoms with Gasteiger partial charge in [0.05, 0.1) is 0 Å². The van der Waals surface area contributed by atoms with Crippen molar-refractivity contribution in [3.63, 3.8) is 0 Å². The minimum Gasteiger partial charge on any atom is -1.00 e. The van der Waals surface area contributed by atoms with Gasteiger partial charge in [-0.2, -0.15) is 0 Å². The van der Waals surface area contributed by atoms with Crippen LogP contribution in [0.2, 0.25) is 0 Å². The van der Waals surface area contributed by atoms with Crippen molar-refractivity contribution in [3.8, 4) is 0 Å². The van der Waals surface area contributed by atoms with Crippen LogP contribution in [0.5, 0.6) is 0 Å². The molecule has 0 aliphatic rings. The summed E-state index contributed by atoms with van der Waals surface area (Å²) in [6, 6.07) is 0. The average molecular weight is 386 g/mol. The molecule has 0 spiro atoms. The van der Waals surface area contributed by atoms with Crippen molar-refractivity contribution in [2.75, 3.05) is 0 Å². The van der Waals surface area contributed by atoms with E-state index in [0.717, 1.165) is 0 Å². The quantitative estimate of drug-likeness (QED) is 0.381. The van der Waals surface area contributed by atoms with Crippen LogP contribution in [0.3, 0.4) is 0 Å². The van der Waals surface area contributed by atoms with Gasteiger partial charge >= 0.3 is 58.4 Å². The van der Waals surface area contributed by atoms with Crippen LogP contribution in [0.4, 0.5) is 0 Å². The van der Waals surface area contributed by atoms with E-state index in [-0.39, 0.29) is 67.8 Å². The second kappa shape index (κ2) is 38.3. The van der Waals surface area contributed by atoms with Crippen molar-refractivity contribution in [1.82, 2.24) is 0 Å². The van der Waals surface area contributed by atoms with Crippen molar-refractivity contribution in [2.45, 2.75) is 0 Å². The van der Waals surface area contributed by atoms with Crippen molar-refractivity contribution >= 4 is 18.3 Å². The molecule has 0 rings (SSSR count). The van der Waals surface area contributed by atoms with Crippen molar-refractivity contribution in [2.24, 2.45) is 0 Å². The number of halogens is 2. The minimum absolute atomic E-state index is 0. The van der Waals surface area contributed by atoms with E-state index in [9.17, 15) is 0 Å². The van der Waals surface area contributed by atoms with Crippen LogP contribution in [0.25, 0.3) is 0 Å². The van der Waals surface area contributed by atoms with Crippen LogP contribution < -0.4 is 28.6 Å². The van der Waals surface area contributed by atoms with Gasteiger partial charge in [0.15, 0.2) is 0 Å². The van der Waals surface area contributed by atoms with Crippen LogP contribution >= 0.6 is 0 Å². The molecule has 0 heterocycles. The third kappa shape index (κ3) is 1680. The van der Waals surface area contributed by atoms with E-state index < -0.39 is 18.3 Å². The predicted molar refractivity (Wildman–Crippen MR) is 12.9 cm³/mol. The Morgan fingerprint density at radius 1 is 0.615 bits per heavy atom. The molecule has 13 heteroatoms. The van der Waals surface area contributed by atoms with Gasteiger partial charge in [-0.05, 0) is 0 Å². The second-order valence-corrected chi connectivity index (χ2v) is 1.50. The molecule has 0 fully saturated rings. The normalized spacial score (nSPS) is 3.69. The average Bonchev–Trinajstić information content (AvgIpc) is 1.25. The summed E-state index contributed by atoms with van der Waals surface area (Å²) in [5.41, 5.74) is 0.